The highest BCUT2D eigenvalue weighted by molar-refractivity contribution is 5.20. The molecule has 0 amide bonds. The molecule has 1 rings (SSSR count). The molecule has 0 aromatic carbocycles. The molecule has 1 aliphatic rings. The van der Waals surface area contributed by atoms with E-state index in [0.29, 0.717) is 19.1 Å². The van der Waals surface area contributed by atoms with Crippen LogP contribution < -0.4 is 0 Å². The fourth-order valence-electron chi connectivity index (χ4n) is 1.40. The predicted octanol–water partition coefficient (Wildman–Crippen LogP) is 2.81. The molecule has 0 saturated heterocycles. The molecule has 1 aliphatic carbocycles. The van der Waals surface area contributed by atoms with Crippen LogP contribution in [0.25, 0.3) is 0 Å². The van der Waals surface area contributed by atoms with E-state index in [2.05, 4.69) is 25.3 Å². The van der Waals surface area contributed by atoms with Gasteiger partial charge in [-0.1, -0.05) is 31.4 Å². The standard InChI is InChI=1S/C12H16O2/c1-3-13-9-11-6-5-7-12(8-11)10-14-4-2/h3-7,11H,1-2,8-10H2. The van der Waals surface area contributed by atoms with Gasteiger partial charge >= 0.3 is 0 Å². The number of hydrogen-bond acceptors (Lipinski definition) is 2. The smallest absolute Gasteiger partial charge is 0.109 e. The van der Waals surface area contributed by atoms with Crippen molar-refractivity contribution in [2.24, 2.45) is 5.92 Å². The van der Waals surface area contributed by atoms with Crippen LogP contribution in [-0.2, 0) is 9.47 Å². The van der Waals surface area contributed by atoms with E-state index in [9.17, 15) is 0 Å². The molecule has 0 spiro atoms. The summed E-state index contributed by atoms with van der Waals surface area (Å²) in [7, 11) is 0. The highest BCUT2D eigenvalue weighted by atomic mass is 16.5. The molecule has 0 radical (unpaired) electrons. The van der Waals surface area contributed by atoms with Crippen LogP contribution in [0.3, 0.4) is 0 Å². The Hall–Kier alpha value is -1.44. The van der Waals surface area contributed by atoms with Crippen molar-refractivity contribution in [2.45, 2.75) is 6.42 Å². The summed E-state index contributed by atoms with van der Waals surface area (Å²) < 4.78 is 10.3. The molecule has 2 nitrogen and oxygen atoms in total. The summed E-state index contributed by atoms with van der Waals surface area (Å²) >= 11 is 0. The van der Waals surface area contributed by atoms with Crippen molar-refractivity contribution in [1.82, 2.24) is 0 Å². The quantitative estimate of drug-likeness (QED) is 0.602. The number of rotatable bonds is 6. The molecule has 2 heteroatoms. The maximum atomic E-state index is 5.15. The molecule has 1 atom stereocenters. The lowest BCUT2D eigenvalue weighted by molar-refractivity contribution is 0.209. The van der Waals surface area contributed by atoms with Crippen molar-refractivity contribution in [3.63, 3.8) is 0 Å². The third kappa shape index (κ3) is 3.52. The first kappa shape index (κ1) is 10.6. The zero-order valence-electron chi connectivity index (χ0n) is 8.32. The minimum atomic E-state index is 0.432. The normalized spacial score (nSPS) is 19.7. The maximum Gasteiger partial charge on any atom is 0.109 e. The highest BCUT2D eigenvalue weighted by Gasteiger charge is 2.11. The summed E-state index contributed by atoms with van der Waals surface area (Å²) in [6.07, 6.45) is 10.2. The van der Waals surface area contributed by atoms with Crippen molar-refractivity contribution in [3.05, 3.63) is 49.5 Å². The Morgan fingerprint density at radius 2 is 2.14 bits per heavy atom. The summed E-state index contributed by atoms with van der Waals surface area (Å²) in [5.74, 6) is 0.432. The van der Waals surface area contributed by atoms with Gasteiger partial charge in [-0.3, -0.25) is 0 Å². The summed E-state index contributed by atoms with van der Waals surface area (Å²) in [5, 5.41) is 0. The second kappa shape index (κ2) is 6.08. The molecule has 0 heterocycles. The van der Waals surface area contributed by atoms with Crippen LogP contribution in [0.15, 0.2) is 49.5 Å². The molecule has 0 fully saturated rings. The van der Waals surface area contributed by atoms with Gasteiger partial charge in [0.1, 0.15) is 6.61 Å². The molecular weight excluding hydrogens is 176 g/mol. The molecule has 0 N–H and O–H groups in total. The van der Waals surface area contributed by atoms with E-state index in [1.54, 1.807) is 0 Å². The number of hydrogen-bond donors (Lipinski definition) is 0. The topological polar surface area (TPSA) is 18.5 Å². The Morgan fingerprint density at radius 1 is 1.36 bits per heavy atom. The van der Waals surface area contributed by atoms with Gasteiger partial charge in [0, 0.05) is 5.92 Å². The first-order valence-corrected chi connectivity index (χ1v) is 4.68. The summed E-state index contributed by atoms with van der Waals surface area (Å²) in [5.41, 5.74) is 1.27. The van der Waals surface area contributed by atoms with Crippen LogP contribution >= 0.6 is 0 Å². The first-order valence-electron chi connectivity index (χ1n) is 4.68. The molecule has 0 aromatic rings. The van der Waals surface area contributed by atoms with Crippen LogP contribution in [-0.4, -0.2) is 13.2 Å². The van der Waals surface area contributed by atoms with E-state index >= 15 is 0 Å². The average molecular weight is 192 g/mol. The van der Waals surface area contributed by atoms with E-state index in [-0.39, 0.29) is 0 Å². The molecular formula is C12H16O2. The van der Waals surface area contributed by atoms with Gasteiger partial charge in [0.2, 0.25) is 0 Å². The molecule has 1 unspecified atom stereocenters. The minimum Gasteiger partial charge on any atom is -0.501 e. The lowest BCUT2D eigenvalue weighted by atomic mass is 9.95. The average Bonchev–Trinajstić information content (AvgIpc) is 2.24. The van der Waals surface area contributed by atoms with Gasteiger partial charge in [-0.25, -0.2) is 0 Å². The third-order valence-corrected chi connectivity index (χ3v) is 2.05. The van der Waals surface area contributed by atoms with Gasteiger partial charge in [-0.05, 0) is 12.0 Å². The zero-order valence-corrected chi connectivity index (χ0v) is 8.32. The Balaban J connectivity index is 2.34. The van der Waals surface area contributed by atoms with Crippen molar-refractivity contribution >= 4 is 0 Å². The Labute approximate surface area is 85.2 Å². The fourth-order valence-corrected chi connectivity index (χ4v) is 1.40. The van der Waals surface area contributed by atoms with E-state index in [4.69, 9.17) is 9.47 Å². The van der Waals surface area contributed by atoms with Crippen molar-refractivity contribution in [2.75, 3.05) is 13.2 Å². The van der Waals surface area contributed by atoms with E-state index in [0.717, 1.165) is 6.42 Å². The second-order valence-corrected chi connectivity index (χ2v) is 3.15. The van der Waals surface area contributed by atoms with Crippen LogP contribution in [0.5, 0.6) is 0 Å². The Morgan fingerprint density at radius 3 is 2.86 bits per heavy atom. The van der Waals surface area contributed by atoms with E-state index in [1.807, 2.05) is 6.08 Å². The summed E-state index contributed by atoms with van der Waals surface area (Å²) in [6, 6.07) is 0. The molecule has 0 saturated carbocycles. The molecule has 0 aromatic heterocycles. The largest absolute Gasteiger partial charge is 0.501 e. The number of allylic oxidation sites excluding steroid dienone is 2. The second-order valence-electron chi connectivity index (χ2n) is 3.15. The van der Waals surface area contributed by atoms with Crippen molar-refractivity contribution in [3.8, 4) is 0 Å². The summed E-state index contributed by atoms with van der Waals surface area (Å²) in [6.45, 7) is 8.33. The van der Waals surface area contributed by atoms with Crippen LogP contribution in [0, 0.1) is 5.92 Å². The van der Waals surface area contributed by atoms with Crippen LogP contribution in [0.1, 0.15) is 6.42 Å². The fraction of sp³-hybridized carbons (Fsp3) is 0.333. The molecule has 0 aliphatic heterocycles. The zero-order chi connectivity index (χ0) is 10.2. The van der Waals surface area contributed by atoms with Gasteiger partial charge in [0.15, 0.2) is 0 Å². The van der Waals surface area contributed by atoms with Gasteiger partial charge in [-0.2, -0.15) is 0 Å². The Kier molecular flexibility index (Phi) is 4.62. The lowest BCUT2D eigenvalue weighted by Crippen LogP contribution is -2.10. The van der Waals surface area contributed by atoms with Gasteiger partial charge < -0.3 is 9.47 Å². The SMILES string of the molecule is C=COCC1=CC=CC(COC=C)C1. The highest BCUT2D eigenvalue weighted by Crippen LogP contribution is 2.19. The third-order valence-electron chi connectivity index (χ3n) is 2.05. The van der Waals surface area contributed by atoms with Crippen LogP contribution in [0.2, 0.25) is 0 Å². The van der Waals surface area contributed by atoms with Crippen LogP contribution in [0.4, 0.5) is 0 Å². The minimum absolute atomic E-state index is 0.432. The molecule has 76 valence electrons. The van der Waals surface area contributed by atoms with Gasteiger partial charge in [0.05, 0.1) is 19.1 Å². The monoisotopic (exact) mass is 192 g/mol. The summed E-state index contributed by atoms with van der Waals surface area (Å²) in [4.78, 5) is 0. The van der Waals surface area contributed by atoms with E-state index < -0.39 is 0 Å². The first-order chi connectivity index (χ1) is 6.86. The number of ether oxygens (including phenoxy) is 2. The maximum absolute atomic E-state index is 5.15. The van der Waals surface area contributed by atoms with Gasteiger partial charge in [0.25, 0.3) is 0 Å². The molecule has 14 heavy (non-hydrogen) atoms. The Bertz CT molecular complexity index is 251. The predicted molar refractivity (Wildman–Crippen MR) is 57.6 cm³/mol. The van der Waals surface area contributed by atoms with Crippen molar-refractivity contribution in [1.29, 1.82) is 0 Å². The van der Waals surface area contributed by atoms with Crippen molar-refractivity contribution < 1.29 is 9.47 Å². The van der Waals surface area contributed by atoms with Gasteiger partial charge in [-0.15, -0.1) is 0 Å². The lowest BCUT2D eigenvalue weighted by Gasteiger charge is -2.17. The van der Waals surface area contributed by atoms with E-state index in [1.165, 1.54) is 18.1 Å². The molecule has 0 bridgehead atoms.